The van der Waals surface area contributed by atoms with E-state index in [0.717, 1.165) is 17.8 Å². The van der Waals surface area contributed by atoms with Crippen LogP contribution in [-0.2, 0) is 9.59 Å². The van der Waals surface area contributed by atoms with E-state index in [2.05, 4.69) is 0 Å². The van der Waals surface area contributed by atoms with Crippen molar-refractivity contribution < 1.29 is 9.59 Å². The lowest BCUT2D eigenvalue weighted by atomic mass is 9.94. The minimum atomic E-state index is -0.160. The molecule has 4 heteroatoms. The van der Waals surface area contributed by atoms with Crippen molar-refractivity contribution in [3.8, 4) is 0 Å². The Balaban J connectivity index is 2.51. The first-order valence-corrected chi connectivity index (χ1v) is 6.14. The predicted molar refractivity (Wildman–Crippen MR) is 71.6 cm³/mol. The van der Waals surface area contributed by atoms with E-state index >= 15 is 0 Å². The standard InChI is InChI=1S/C14H18N2O2/c1-10(2)11-8-16(9-17)13-7-5-4-6-12(13)15(3)14(11)18/h4-7,9-11H,8H2,1-3H3/t11-/m1/s1. The molecule has 4 nitrogen and oxygen atoms in total. The fourth-order valence-corrected chi connectivity index (χ4v) is 2.34. The average Bonchev–Trinajstić information content (AvgIpc) is 2.47. The highest BCUT2D eigenvalue weighted by molar-refractivity contribution is 6.02. The number of rotatable bonds is 2. The lowest BCUT2D eigenvalue weighted by Crippen LogP contribution is -2.38. The van der Waals surface area contributed by atoms with Gasteiger partial charge in [0.1, 0.15) is 0 Å². The topological polar surface area (TPSA) is 40.6 Å². The summed E-state index contributed by atoms with van der Waals surface area (Å²) in [7, 11) is 1.77. The Morgan fingerprint density at radius 1 is 1.28 bits per heavy atom. The van der Waals surface area contributed by atoms with Crippen molar-refractivity contribution in [2.24, 2.45) is 11.8 Å². The number of para-hydroxylation sites is 2. The quantitative estimate of drug-likeness (QED) is 0.748. The van der Waals surface area contributed by atoms with Crippen LogP contribution in [0.1, 0.15) is 13.8 Å². The van der Waals surface area contributed by atoms with E-state index in [0.29, 0.717) is 6.54 Å². The van der Waals surface area contributed by atoms with Gasteiger partial charge in [-0.25, -0.2) is 0 Å². The van der Waals surface area contributed by atoms with Gasteiger partial charge in [0.25, 0.3) is 0 Å². The number of nitrogens with zero attached hydrogens (tertiary/aromatic N) is 2. The summed E-state index contributed by atoms with van der Waals surface area (Å²) in [6, 6.07) is 7.49. The van der Waals surface area contributed by atoms with Crippen LogP contribution in [0.4, 0.5) is 11.4 Å². The third kappa shape index (κ3) is 1.98. The number of carbonyl (C=O) groups is 2. The summed E-state index contributed by atoms with van der Waals surface area (Å²) in [6.45, 7) is 4.46. The van der Waals surface area contributed by atoms with E-state index in [1.54, 1.807) is 16.8 Å². The minimum Gasteiger partial charge on any atom is -0.313 e. The van der Waals surface area contributed by atoms with E-state index in [4.69, 9.17) is 0 Å². The molecule has 2 rings (SSSR count). The van der Waals surface area contributed by atoms with Gasteiger partial charge < -0.3 is 9.80 Å². The summed E-state index contributed by atoms with van der Waals surface area (Å²) >= 11 is 0. The van der Waals surface area contributed by atoms with E-state index in [1.165, 1.54) is 0 Å². The van der Waals surface area contributed by atoms with E-state index in [1.807, 2.05) is 38.1 Å². The van der Waals surface area contributed by atoms with Crippen molar-refractivity contribution in [3.63, 3.8) is 0 Å². The van der Waals surface area contributed by atoms with Gasteiger partial charge in [-0.3, -0.25) is 9.59 Å². The van der Waals surface area contributed by atoms with Crippen molar-refractivity contribution in [1.82, 2.24) is 0 Å². The Bertz CT molecular complexity index is 456. The first kappa shape index (κ1) is 12.6. The Morgan fingerprint density at radius 3 is 2.44 bits per heavy atom. The first-order chi connectivity index (χ1) is 8.56. The lowest BCUT2D eigenvalue weighted by molar-refractivity contribution is -0.122. The van der Waals surface area contributed by atoms with Crippen LogP contribution in [-0.4, -0.2) is 25.9 Å². The van der Waals surface area contributed by atoms with Gasteiger partial charge in [0.2, 0.25) is 12.3 Å². The van der Waals surface area contributed by atoms with Crippen molar-refractivity contribution >= 4 is 23.7 Å². The Morgan fingerprint density at radius 2 is 1.89 bits per heavy atom. The molecule has 0 saturated carbocycles. The second-order valence-electron chi connectivity index (χ2n) is 4.99. The maximum atomic E-state index is 12.4. The Hall–Kier alpha value is -1.84. The molecule has 0 fully saturated rings. The molecule has 18 heavy (non-hydrogen) atoms. The zero-order valence-electron chi connectivity index (χ0n) is 11.0. The van der Waals surface area contributed by atoms with E-state index in [-0.39, 0.29) is 17.7 Å². The fraction of sp³-hybridized carbons (Fsp3) is 0.429. The number of hydrogen-bond donors (Lipinski definition) is 0. The molecule has 0 radical (unpaired) electrons. The van der Waals surface area contributed by atoms with Gasteiger partial charge in [-0.1, -0.05) is 26.0 Å². The molecule has 0 bridgehead atoms. The van der Waals surface area contributed by atoms with E-state index < -0.39 is 0 Å². The second-order valence-corrected chi connectivity index (χ2v) is 4.99. The molecule has 1 aromatic rings. The highest BCUT2D eigenvalue weighted by atomic mass is 16.2. The minimum absolute atomic E-state index is 0.0711. The van der Waals surface area contributed by atoms with Crippen LogP contribution in [0.15, 0.2) is 24.3 Å². The highest BCUT2D eigenvalue weighted by Gasteiger charge is 2.33. The molecule has 96 valence electrons. The molecule has 0 aliphatic carbocycles. The maximum Gasteiger partial charge on any atom is 0.231 e. The molecule has 0 N–H and O–H groups in total. The summed E-state index contributed by atoms with van der Waals surface area (Å²) in [5.41, 5.74) is 1.59. The number of benzene rings is 1. The smallest absolute Gasteiger partial charge is 0.231 e. The maximum absolute atomic E-state index is 12.4. The zero-order chi connectivity index (χ0) is 13.3. The summed E-state index contributed by atoms with van der Waals surface area (Å²) in [4.78, 5) is 26.9. The van der Waals surface area contributed by atoms with Gasteiger partial charge in [-0.2, -0.15) is 0 Å². The molecule has 0 aromatic heterocycles. The Kier molecular flexibility index (Phi) is 3.36. The largest absolute Gasteiger partial charge is 0.313 e. The van der Waals surface area contributed by atoms with Gasteiger partial charge in [0.05, 0.1) is 17.3 Å². The number of hydrogen-bond acceptors (Lipinski definition) is 2. The van der Waals surface area contributed by atoms with Crippen LogP contribution in [0.2, 0.25) is 0 Å². The number of fused-ring (bicyclic) bond motifs is 1. The van der Waals surface area contributed by atoms with Crippen molar-refractivity contribution in [2.45, 2.75) is 13.8 Å². The predicted octanol–water partition coefficient (Wildman–Crippen LogP) is 1.90. The molecule has 0 unspecified atom stereocenters. The highest BCUT2D eigenvalue weighted by Crippen LogP contribution is 2.33. The van der Waals surface area contributed by atoms with Crippen molar-refractivity contribution in [3.05, 3.63) is 24.3 Å². The van der Waals surface area contributed by atoms with Crippen molar-refractivity contribution in [1.29, 1.82) is 0 Å². The molecule has 1 aliphatic rings. The molecule has 0 saturated heterocycles. The molecular formula is C14H18N2O2. The molecule has 2 amide bonds. The Labute approximate surface area is 107 Å². The molecular weight excluding hydrogens is 228 g/mol. The third-order valence-corrected chi connectivity index (χ3v) is 3.53. The lowest BCUT2D eigenvalue weighted by Gasteiger charge is -2.23. The van der Waals surface area contributed by atoms with Crippen LogP contribution < -0.4 is 9.80 Å². The first-order valence-electron chi connectivity index (χ1n) is 6.14. The molecule has 1 atom stereocenters. The summed E-state index contributed by atoms with van der Waals surface area (Å²) in [5, 5.41) is 0. The summed E-state index contributed by atoms with van der Waals surface area (Å²) in [5.74, 6) is 0.117. The average molecular weight is 246 g/mol. The van der Waals surface area contributed by atoms with Gasteiger partial charge in [-0.15, -0.1) is 0 Å². The normalized spacial score (nSPS) is 19.8. The van der Waals surface area contributed by atoms with Gasteiger partial charge in [0, 0.05) is 13.6 Å². The van der Waals surface area contributed by atoms with Crippen LogP contribution in [0.3, 0.4) is 0 Å². The fourth-order valence-electron chi connectivity index (χ4n) is 2.34. The molecule has 1 aromatic carbocycles. The zero-order valence-corrected chi connectivity index (χ0v) is 11.0. The molecule has 0 spiro atoms. The van der Waals surface area contributed by atoms with Gasteiger partial charge >= 0.3 is 0 Å². The SMILES string of the molecule is CC(C)[C@H]1CN(C=O)c2ccccc2N(C)C1=O. The number of anilines is 2. The molecule has 1 aliphatic heterocycles. The van der Waals surface area contributed by atoms with Crippen LogP contribution in [0.25, 0.3) is 0 Å². The van der Waals surface area contributed by atoms with Crippen LogP contribution in [0, 0.1) is 11.8 Å². The second kappa shape index (κ2) is 4.80. The van der Waals surface area contributed by atoms with Crippen LogP contribution in [0.5, 0.6) is 0 Å². The number of carbonyl (C=O) groups excluding carboxylic acids is 2. The van der Waals surface area contributed by atoms with E-state index in [9.17, 15) is 9.59 Å². The number of amides is 2. The van der Waals surface area contributed by atoms with Crippen molar-refractivity contribution in [2.75, 3.05) is 23.4 Å². The molecule has 1 heterocycles. The van der Waals surface area contributed by atoms with Gasteiger partial charge in [0.15, 0.2) is 0 Å². The van der Waals surface area contributed by atoms with Crippen LogP contribution >= 0.6 is 0 Å². The third-order valence-electron chi connectivity index (χ3n) is 3.53. The van der Waals surface area contributed by atoms with Gasteiger partial charge in [-0.05, 0) is 18.1 Å². The summed E-state index contributed by atoms with van der Waals surface area (Å²) in [6.07, 6.45) is 0.806. The monoisotopic (exact) mass is 246 g/mol. The summed E-state index contributed by atoms with van der Waals surface area (Å²) < 4.78 is 0.